The quantitative estimate of drug-likeness (QED) is 0.128. The summed E-state index contributed by atoms with van der Waals surface area (Å²) in [5.41, 5.74) is 0. The highest BCUT2D eigenvalue weighted by atomic mass is 16.7. The van der Waals surface area contributed by atoms with Gasteiger partial charge in [0.15, 0.2) is 12.2 Å². The highest BCUT2D eigenvalue weighted by Gasteiger charge is 2.52. The molecule has 246 valence electrons. The highest BCUT2D eigenvalue weighted by molar-refractivity contribution is 5.78. The number of carbonyl (C=O) groups excluding carboxylic acids is 6. The van der Waals surface area contributed by atoms with Crippen LogP contribution >= 0.6 is 0 Å². The van der Waals surface area contributed by atoms with E-state index in [-0.39, 0.29) is 6.42 Å². The molecule has 1 heterocycles. The molecule has 0 aliphatic carbocycles. The SMILES string of the molecule is CCCCCCCCCCC[C@H](CC(=O)N[C@H]1C(OC(C)=O)O[C@H](COC(C)=O)[C@@H](OC(C)=O)[C@@H]1OC(C)=O)OC(C)=O. The van der Waals surface area contributed by atoms with E-state index < -0.39 is 79.1 Å². The molecule has 13 nitrogen and oxygen atoms in total. The molecule has 0 bridgehead atoms. The van der Waals surface area contributed by atoms with Gasteiger partial charge in [0.25, 0.3) is 0 Å². The lowest BCUT2D eigenvalue weighted by molar-refractivity contribution is -0.271. The van der Waals surface area contributed by atoms with Gasteiger partial charge in [-0.05, 0) is 12.8 Å². The fraction of sp³-hybridized carbons (Fsp3) is 0.800. The van der Waals surface area contributed by atoms with Gasteiger partial charge in [-0.25, -0.2) is 0 Å². The van der Waals surface area contributed by atoms with E-state index in [9.17, 15) is 28.8 Å². The lowest BCUT2D eigenvalue weighted by Gasteiger charge is -2.44. The van der Waals surface area contributed by atoms with Crippen molar-refractivity contribution >= 4 is 35.8 Å². The smallest absolute Gasteiger partial charge is 0.305 e. The van der Waals surface area contributed by atoms with E-state index in [1.165, 1.54) is 39.0 Å². The summed E-state index contributed by atoms with van der Waals surface area (Å²) < 4.78 is 32.3. The van der Waals surface area contributed by atoms with Crippen molar-refractivity contribution in [3.8, 4) is 0 Å². The first-order valence-corrected chi connectivity index (χ1v) is 15.1. The van der Waals surface area contributed by atoms with Crippen molar-refractivity contribution in [2.75, 3.05) is 6.61 Å². The monoisotopic (exact) mass is 615 g/mol. The average molecular weight is 616 g/mol. The number of hydrogen-bond donors (Lipinski definition) is 1. The summed E-state index contributed by atoms with van der Waals surface area (Å²) in [6.07, 6.45) is 4.09. The van der Waals surface area contributed by atoms with Gasteiger partial charge in [0.2, 0.25) is 12.2 Å². The van der Waals surface area contributed by atoms with Crippen molar-refractivity contribution in [2.24, 2.45) is 0 Å². The number of rotatable bonds is 19. The molecule has 43 heavy (non-hydrogen) atoms. The molecule has 1 aliphatic heterocycles. The number of esters is 5. The van der Waals surface area contributed by atoms with Gasteiger partial charge in [-0.2, -0.15) is 0 Å². The van der Waals surface area contributed by atoms with E-state index >= 15 is 0 Å². The lowest BCUT2D eigenvalue weighted by Crippen LogP contribution is -2.67. The number of unbranched alkanes of at least 4 members (excludes halogenated alkanes) is 8. The molecule has 0 saturated carbocycles. The molecule has 0 aromatic carbocycles. The largest absolute Gasteiger partial charge is 0.463 e. The third kappa shape index (κ3) is 16.3. The molecule has 1 unspecified atom stereocenters. The number of nitrogens with one attached hydrogen (secondary N) is 1. The highest BCUT2D eigenvalue weighted by Crippen LogP contribution is 2.28. The van der Waals surface area contributed by atoms with E-state index in [0.29, 0.717) is 6.42 Å². The van der Waals surface area contributed by atoms with Crippen LogP contribution in [0.25, 0.3) is 0 Å². The Bertz CT molecular complexity index is 923. The number of ether oxygens (including phenoxy) is 6. The zero-order valence-electron chi connectivity index (χ0n) is 26.3. The van der Waals surface area contributed by atoms with Crippen LogP contribution in [0.15, 0.2) is 0 Å². The molecule has 1 N–H and O–H groups in total. The molecule has 1 aliphatic rings. The zero-order valence-corrected chi connectivity index (χ0v) is 26.3. The second-order valence-electron chi connectivity index (χ2n) is 10.7. The predicted octanol–water partition coefficient (Wildman–Crippen LogP) is 3.43. The van der Waals surface area contributed by atoms with Crippen LogP contribution in [0.4, 0.5) is 0 Å². The Kier molecular flexibility index (Phi) is 18.2. The molecule has 1 fully saturated rings. The summed E-state index contributed by atoms with van der Waals surface area (Å²) in [6.45, 7) is 7.53. The summed E-state index contributed by atoms with van der Waals surface area (Å²) in [6, 6.07) is -1.32. The van der Waals surface area contributed by atoms with Crippen molar-refractivity contribution in [3.63, 3.8) is 0 Å². The van der Waals surface area contributed by atoms with Gasteiger partial charge in [0, 0.05) is 34.6 Å². The summed E-state index contributed by atoms with van der Waals surface area (Å²) in [4.78, 5) is 72.4. The first-order chi connectivity index (χ1) is 20.3. The van der Waals surface area contributed by atoms with Gasteiger partial charge in [-0.15, -0.1) is 0 Å². The van der Waals surface area contributed by atoms with Gasteiger partial charge in [-0.1, -0.05) is 58.3 Å². The van der Waals surface area contributed by atoms with Crippen LogP contribution in [0.1, 0.15) is 112 Å². The molecule has 0 aromatic rings. The molecule has 0 radical (unpaired) electrons. The Hall–Kier alpha value is -3.22. The van der Waals surface area contributed by atoms with Crippen molar-refractivity contribution in [3.05, 3.63) is 0 Å². The van der Waals surface area contributed by atoms with Crippen LogP contribution < -0.4 is 5.32 Å². The molecule has 1 rings (SSSR count). The maximum absolute atomic E-state index is 13.2. The van der Waals surface area contributed by atoms with E-state index in [2.05, 4.69) is 12.2 Å². The molecule has 1 amide bonds. The molecule has 6 atom stereocenters. The Morgan fingerprint density at radius 2 is 1.21 bits per heavy atom. The summed E-state index contributed by atoms with van der Waals surface area (Å²) in [5, 5.41) is 2.65. The lowest BCUT2D eigenvalue weighted by atomic mass is 9.95. The zero-order chi connectivity index (χ0) is 32.4. The second-order valence-corrected chi connectivity index (χ2v) is 10.7. The Morgan fingerprint density at radius 3 is 1.72 bits per heavy atom. The minimum Gasteiger partial charge on any atom is -0.463 e. The Labute approximate surface area is 254 Å². The molecule has 0 spiro atoms. The maximum atomic E-state index is 13.2. The average Bonchev–Trinajstić information content (AvgIpc) is 2.88. The summed E-state index contributed by atoms with van der Waals surface area (Å²) in [5.74, 6) is -4.10. The van der Waals surface area contributed by atoms with Gasteiger partial charge < -0.3 is 33.7 Å². The van der Waals surface area contributed by atoms with E-state index in [4.69, 9.17) is 28.4 Å². The van der Waals surface area contributed by atoms with Crippen molar-refractivity contribution in [1.82, 2.24) is 5.32 Å². The van der Waals surface area contributed by atoms with Crippen molar-refractivity contribution in [2.45, 2.75) is 149 Å². The second kappa shape index (κ2) is 20.6. The number of amides is 1. The van der Waals surface area contributed by atoms with Gasteiger partial charge >= 0.3 is 29.8 Å². The fourth-order valence-electron chi connectivity index (χ4n) is 4.89. The van der Waals surface area contributed by atoms with Crippen molar-refractivity contribution < 1.29 is 57.2 Å². The van der Waals surface area contributed by atoms with Gasteiger partial charge in [-0.3, -0.25) is 28.8 Å². The Balaban J connectivity index is 3.02. The van der Waals surface area contributed by atoms with E-state index in [1.54, 1.807) is 0 Å². The molecular weight excluding hydrogens is 566 g/mol. The van der Waals surface area contributed by atoms with E-state index in [1.807, 2.05) is 0 Å². The topological polar surface area (TPSA) is 170 Å². The van der Waals surface area contributed by atoms with Crippen LogP contribution in [0.3, 0.4) is 0 Å². The van der Waals surface area contributed by atoms with Crippen LogP contribution in [0.5, 0.6) is 0 Å². The van der Waals surface area contributed by atoms with Crippen molar-refractivity contribution in [1.29, 1.82) is 0 Å². The first-order valence-electron chi connectivity index (χ1n) is 15.1. The van der Waals surface area contributed by atoms with Crippen LogP contribution in [-0.4, -0.2) is 79.1 Å². The third-order valence-electron chi connectivity index (χ3n) is 6.69. The minimum absolute atomic E-state index is 0.220. The molecule has 1 saturated heterocycles. The summed E-state index contributed by atoms with van der Waals surface area (Å²) in [7, 11) is 0. The van der Waals surface area contributed by atoms with Gasteiger partial charge in [0.1, 0.15) is 24.9 Å². The van der Waals surface area contributed by atoms with E-state index in [0.717, 1.165) is 53.4 Å². The molecule has 13 heteroatoms. The number of hydrogen-bond acceptors (Lipinski definition) is 12. The number of carbonyl (C=O) groups is 6. The van der Waals surface area contributed by atoms with Gasteiger partial charge in [0.05, 0.1) is 6.42 Å². The fourth-order valence-corrected chi connectivity index (χ4v) is 4.89. The van der Waals surface area contributed by atoms with Crippen LogP contribution in [0.2, 0.25) is 0 Å². The van der Waals surface area contributed by atoms with Crippen LogP contribution in [0, 0.1) is 0 Å². The Morgan fingerprint density at radius 1 is 0.674 bits per heavy atom. The minimum atomic E-state index is -1.50. The standard InChI is InChI=1S/C30H49NO12/c1-7-8-9-10-11-12-13-14-15-16-24(39-20(3)33)17-26(37)31-27-29(41-22(5)35)28(40-21(4)34)25(18-38-19(2)32)43-30(27)42-23(6)36/h24-25,27-30H,7-18H2,1-6H3,(H,31,37)/t24-,25-,27-,28-,29-,30?/m1/s1. The molecular formula is C30H49NO12. The normalized spacial score (nSPS) is 22.0. The first kappa shape index (κ1) is 37.8. The maximum Gasteiger partial charge on any atom is 0.305 e. The predicted molar refractivity (Wildman–Crippen MR) is 152 cm³/mol. The molecule has 0 aromatic heterocycles. The summed E-state index contributed by atoms with van der Waals surface area (Å²) >= 11 is 0. The van der Waals surface area contributed by atoms with Crippen LogP contribution in [-0.2, 0) is 57.2 Å². The third-order valence-corrected chi connectivity index (χ3v) is 6.69.